The Labute approximate surface area is 101 Å². The molecule has 1 aromatic carbocycles. The fraction of sp³-hybridized carbons (Fsp3) is 0.538. The summed E-state index contributed by atoms with van der Waals surface area (Å²) in [4.78, 5) is 2.35. The average Bonchev–Trinajstić information content (AvgIpc) is 2.70. The fourth-order valence-corrected chi connectivity index (χ4v) is 2.33. The van der Waals surface area contributed by atoms with Crippen LogP contribution in [0.4, 0.5) is 14.5 Å². The van der Waals surface area contributed by atoms with Crippen molar-refractivity contribution in [2.45, 2.75) is 25.3 Å². The molecule has 1 N–H and O–H groups in total. The summed E-state index contributed by atoms with van der Waals surface area (Å²) in [6.07, 6.45) is 3.53. The van der Waals surface area contributed by atoms with E-state index in [0.29, 0.717) is 11.7 Å². The van der Waals surface area contributed by atoms with Crippen molar-refractivity contribution in [2.75, 3.05) is 25.5 Å². The third-order valence-corrected chi connectivity index (χ3v) is 3.40. The Hall–Kier alpha value is -1.16. The van der Waals surface area contributed by atoms with Crippen LogP contribution in [0.1, 0.15) is 19.3 Å². The van der Waals surface area contributed by atoms with Crippen LogP contribution in [-0.4, -0.2) is 31.1 Å². The molecule has 0 spiro atoms. The summed E-state index contributed by atoms with van der Waals surface area (Å²) in [5.41, 5.74) is 0.643. The van der Waals surface area contributed by atoms with E-state index in [1.165, 1.54) is 18.9 Å². The van der Waals surface area contributed by atoms with Gasteiger partial charge in [0.2, 0.25) is 0 Å². The van der Waals surface area contributed by atoms with Crippen molar-refractivity contribution in [3.63, 3.8) is 0 Å². The lowest BCUT2D eigenvalue weighted by molar-refractivity contribution is 0.301. The summed E-state index contributed by atoms with van der Waals surface area (Å²) < 4.78 is 25.7. The van der Waals surface area contributed by atoms with Crippen molar-refractivity contribution >= 4 is 5.69 Å². The Morgan fingerprint density at radius 2 is 2.18 bits per heavy atom. The molecule has 0 amide bonds. The minimum Gasteiger partial charge on any atom is -0.385 e. The molecule has 1 unspecified atom stereocenters. The molecule has 1 heterocycles. The highest BCUT2D eigenvalue weighted by atomic mass is 19.2. The van der Waals surface area contributed by atoms with Crippen LogP contribution >= 0.6 is 0 Å². The highest BCUT2D eigenvalue weighted by Gasteiger charge is 2.19. The summed E-state index contributed by atoms with van der Waals surface area (Å²) in [7, 11) is 2.13. The van der Waals surface area contributed by atoms with E-state index < -0.39 is 11.6 Å². The van der Waals surface area contributed by atoms with Gasteiger partial charge in [0.15, 0.2) is 11.6 Å². The van der Waals surface area contributed by atoms with Gasteiger partial charge in [-0.3, -0.25) is 0 Å². The SMILES string of the molecule is CN1CCCC1CCNc1ccc(F)c(F)c1. The second-order valence-corrected chi connectivity index (χ2v) is 4.62. The molecule has 0 aliphatic carbocycles. The molecule has 1 atom stereocenters. The quantitative estimate of drug-likeness (QED) is 0.870. The summed E-state index contributed by atoms with van der Waals surface area (Å²) in [6, 6.07) is 4.54. The van der Waals surface area contributed by atoms with Crippen LogP contribution in [0.3, 0.4) is 0 Å². The first-order chi connectivity index (χ1) is 8.16. The highest BCUT2D eigenvalue weighted by molar-refractivity contribution is 5.43. The molecule has 1 aromatic rings. The van der Waals surface area contributed by atoms with Gasteiger partial charge in [0.1, 0.15) is 0 Å². The number of nitrogens with zero attached hydrogens (tertiary/aromatic N) is 1. The molecule has 4 heteroatoms. The van der Waals surface area contributed by atoms with Crippen molar-refractivity contribution < 1.29 is 8.78 Å². The van der Waals surface area contributed by atoms with Gasteiger partial charge < -0.3 is 10.2 Å². The van der Waals surface area contributed by atoms with Gasteiger partial charge in [0.25, 0.3) is 0 Å². The summed E-state index contributed by atoms with van der Waals surface area (Å²) in [6.45, 7) is 1.95. The van der Waals surface area contributed by atoms with Crippen molar-refractivity contribution in [1.29, 1.82) is 0 Å². The van der Waals surface area contributed by atoms with Crippen molar-refractivity contribution in [1.82, 2.24) is 4.90 Å². The number of hydrogen-bond acceptors (Lipinski definition) is 2. The second-order valence-electron chi connectivity index (χ2n) is 4.62. The lowest BCUT2D eigenvalue weighted by Gasteiger charge is -2.19. The first-order valence-electron chi connectivity index (χ1n) is 6.06. The summed E-state index contributed by atoms with van der Waals surface area (Å²) >= 11 is 0. The van der Waals surface area contributed by atoms with Crippen LogP contribution in [0.25, 0.3) is 0 Å². The Kier molecular flexibility index (Phi) is 3.94. The predicted molar refractivity (Wildman–Crippen MR) is 65.1 cm³/mol. The number of halogens is 2. The molecule has 0 aromatic heterocycles. The van der Waals surface area contributed by atoms with Gasteiger partial charge >= 0.3 is 0 Å². The standard InChI is InChI=1S/C13H18F2N2/c1-17-8-2-3-11(17)6-7-16-10-4-5-12(14)13(15)9-10/h4-5,9,11,16H,2-3,6-8H2,1H3. The second kappa shape index (κ2) is 5.45. The minimum atomic E-state index is -0.800. The highest BCUT2D eigenvalue weighted by Crippen LogP contribution is 2.18. The lowest BCUT2D eigenvalue weighted by Crippen LogP contribution is -2.26. The summed E-state index contributed by atoms with van der Waals surface area (Å²) in [5, 5.41) is 3.13. The Morgan fingerprint density at radius 1 is 1.35 bits per heavy atom. The molecular weight excluding hydrogens is 222 g/mol. The maximum absolute atomic E-state index is 12.9. The van der Waals surface area contributed by atoms with E-state index in [9.17, 15) is 8.78 Å². The third-order valence-electron chi connectivity index (χ3n) is 3.40. The molecule has 1 aliphatic heterocycles. The van der Waals surface area contributed by atoms with Gasteiger partial charge in [-0.05, 0) is 51.1 Å². The van der Waals surface area contributed by atoms with E-state index in [1.54, 1.807) is 6.07 Å². The lowest BCUT2D eigenvalue weighted by atomic mass is 10.1. The van der Waals surface area contributed by atoms with Crippen molar-refractivity contribution in [3.8, 4) is 0 Å². The average molecular weight is 240 g/mol. The van der Waals surface area contributed by atoms with Gasteiger partial charge in [-0.1, -0.05) is 0 Å². The zero-order chi connectivity index (χ0) is 12.3. The van der Waals surface area contributed by atoms with E-state index in [1.807, 2.05) is 0 Å². The molecule has 1 aliphatic rings. The maximum atomic E-state index is 12.9. The monoisotopic (exact) mass is 240 g/mol. The fourth-order valence-electron chi connectivity index (χ4n) is 2.33. The van der Waals surface area contributed by atoms with Gasteiger partial charge in [-0.15, -0.1) is 0 Å². The van der Waals surface area contributed by atoms with Crippen molar-refractivity contribution in [3.05, 3.63) is 29.8 Å². The third kappa shape index (κ3) is 3.16. The number of benzene rings is 1. The van der Waals surface area contributed by atoms with Gasteiger partial charge in [-0.2, -0.15) is 0 Å². The van der Waals surface area contributed by atoms with Crippen LogP contribution in [0.15, 0.2) is 18.2 Å². The number of likely N-dealkylation sites (tertiary alicyclic amines) is 1. The molecule has 1 fully saturated rings. The van der Waals surface area contributed by atoms with E-state index in [0.717, 1.165) is 25.6 Å². The molecular formula is C13H18F2N2. The van der Waals surface area contributed by atoms with Crippen LogP contribution in [0, 0.1) is 11.6 Å². The molecule has 94 valence electrons. The van der Waals surface area contributed by atoms with Gasteiger partial charge in [0.05, 0.1) is 0 Å². The normalized spacial score (nSPS) is 20.8. The number of hydrogen-bond donors (Lipinski definition) is 1. The summed E-state index contributed by atoms with van der Waals surface area (Å²) in [5.74, 6) is -1.60. The zero-order valence-corrected chi connectivity index (χ0v) is 10.0. The van der Waals surface area contributed by atoms with Crippen LogP contribution in [-0.2, 0) is 0 Å². The molecule has 2 nitrogen and oxygen atoms in total. The largest absolute Gasteiger partial charge is 0.385 e. The van der Waals surface area contributed by atoms with E-state index >= 15 is 0 Å². The van der Waals surface area contributed by atoms with Crippen LogP contribution < -0.4 is 5.32 Å². The van der Waals surface area contributed by atoms with Gasteiger partial charge in [-0.25, -0.2) is 8.78 Å². The number of nitrogens with one attached hydrogen (secondary N) is 1. The molecule has 17 heavy (non-hydrogen) atoms. The predicted octanol–water partition coefficient (Wildman–Crippen LogP) is 2.86. The molecule has 1 saturated heterocycles. The van der Waals surface area contributed by atoms with E-state index in [4.69, 9.17) is 0 Å². The van der Waals surface area contributed by atoms with E-state index in [2.05, 4.69) is 17.3 Å². The zero-order valence-electron chi connectivity index (χ0n) is 10.0. The van der Waals surface area contributed by atoms with Crippen LogP contribution in [0.5, 0.6) is 0 Å². The first kappa shape index (κ1) is 12.3. The van der Waals surface area contributed by atoms with Crippen molar-refractivity contribution in [2.24, 2.45) is 0 Å². The van der Waals surface area contributed by atoms with E-state index in [-0.39, 0.29) is 0 Å². The Bertz CT molecular complexity index is 382. The number of anilines is 1. The molecule has 0 saturated carbocycles. The Balaban J connectivity index is 1.79. The molecule has 2 rings (SSSR count). The molecule has 0 radical (unpaired) electrons. The molecule has 0 bridgehead atoms. The Morgan fingerprint density at radius 3 is 2.82 bits per heavy atom. The first-order valence-corrected chi connectivity index (χ1v) is 6.06. The smallest absolute Gasteiger partial charge is 0.160 e. The maximum Gasteiger partial charge on any atom is 0.160 e. The topological polar surface area (TPSA) is 15.3 Å². The minimum absolute atomic E-state index is 0.618. The van der Waals surface area contributed by atoms with Gasteiger partial charge in [0, 0.05) is 18.3 Å². The van der Waals surface area contributed by atoms with Crippen LogP contribution in [0.2, 0.25) is 0 Å². The number of rotatable bonds is 4.